The number of nitrogens with one attached hydrogen (secondary N) is 1. The van der Waals surface area contributed by atoms with E-state index in [4.69, 9.17) is 0 Å². The van der Waals surface area contributed by atoms with Gasteiger partial charge in [-0.3, -0.25) is 9.55 Å². The molecule has 0 spiro atoms. The number of quaternary nitrogens is 1. The zero-order valence-electron chi connectivity index (χ0n) is 8.53. The molecule has 0 aromatic rings. The highest BCUT2D eigenvalue weighted by Crippen LogP contribution is 2.23. The van der Waals surface area contributed by atoms with Gasteiger partial charge in [0.2, 0.25) is 0 Å². The van der Waals surface area contributed by atoms with Crippen LogP contribution in [0.1, 0.15) is 6.92 Å². The first-order valence-electron chi connectivity index (χ1n) is 5.16. The predicted molar refractivity (Wildman–Crippen MR) is 52.3 cm³/mol. The van der Waals surface area contributed by atoms with E-state index in [9.17, 15) is 10.0 Å². The minimum atomic E-state index is -0.616. The van der Waals surface area contributed by atoms with Gasteiger partial charge in [-0.1, -0.05) is 0 Å². The Morgan fingerprint density at radius 3 is 2.50 bits per heavy atom. The lowest BCUT2D eigenvalue weighted by atomic mass is 10.1. The second-order valence-electron chi connectivity index (χ2n) is 4.21. The summed E-state index contributed by atoms with van der Waals surface area (Å²) in [7, 11) is 0. The molecule has 14 heavy (non-hydrogen) atoms. The van der Waals surface area contributed by atoms with Crippen molar-refractivity contribution in [2.45, 2.75) is 13.0 Å². The molecule has 0 unspecified atom stereocenters. The van der Waals surface area contributed by atoms with Crippen molar-refractivity contribution in [2.24, 2.45) is 0 Å². The van der Waals surface area contributed by atoms with E-state index < -0.39 is 4.65 Å². The number of hydrogen-bond donors (Lipinski definition) is 1. The van der Waals surface area contributed by atoms with Crippen LogP contribution in [0.3, 0.4) is 0 Å². The van der Waals surface area contributed by atoms with Crippen LogP contribution in [0.25, 0.3) is 0 Å². The molecule has 0 aromatic carbocycles. The van der Waals surface area contributed by atoms with Gasteiger partial charge in [0.25, 0.3) is 0 Å². The summed E-state index contributed by atoms with van der Waals surface area (Å²) in [5, 5.41) is 14.9. The Morgan fingerprint density at radius 2 is 2.00 bits per heavy atom. The number of rotatable bonds is 1. The number of amides is 1. The first kappa shape index (κ1) is 10.0. The Morgan fingerprint density at radius 1 is 1.43 bits per heavy atom. The molecule has 5 nitrogen and oxygen atoms in total. The topological polar surface area (TPSA) is 55.4 Å². The van der Waals surface area contributed by atoms with Crippen molar-refractivity contribution in [3.8, 4) is 0 Å². The number of hydroxylamine groups is 3. The third-order valence-corrected chi connectivity index (χ3v) is 3.25. The number of hydrogen-bond acceptors (Lipinski definition) is 4. The molecule has 2 fully saturated rings. The van der Waals surface area contributed by atoms with E-state index in [-0.39, 0.29) is 5.91 Å². The fourth-order valence-corrected chi connectivity index (χ4v) is 2.16. The number of nitrogens with zero attached hydrogens (tertiary/aromatic N) is 2. The minimum Gasteiger partial charge on any atom is -0.625 e. The maximum atomic E-state index is 11.7. The van der Waals surface area contributed by atoms with Crippen molar-refractivity contribution in [1.29, 1.82) is 0 Å². The minimum absolute atomic E-state index is 0.253. The highest BCUT2D eigenvalue weighted by Gasteiger charge is 2.44. The van der Waals surface area contributed by atoms with E-state index in [0.717, 1.165) is 26.2 Å². The third-order valence-electron chi connectivity index (χ3n) is 3.25. The van der Waals surface area contributed by atoms with Crippen molar-refractivity contribution in [3.63, 3.8) is 0 Å². The van der Waals surface area contributed by atoms with E-state index >= 15 is 0 Å². The zero-order valence-corrected chi connectivity index (χ0v) is 8.53. The summed E-state index contributed by atoms with van der Waals surface area (Å²) in [6, 6.07) is 0.332. The summed E-state index contributed by atoms with van der Waals surface area (Å²) in [4.78, 5) is 13.3. The van der Waals surface area contributed by atoms with Crippen LogP contribution in [-0.2, 0) is 4.79 Å². The highest BCUT2D eigenvalue weighted by molar-refractivity contribution is 5.66. The lowest BCUT2D eigenvalue weighted by Gasteiger charge is -2.54. The Hall–Kier alpha value is -0.490. The Bertz CT molecular complexity index is 232. The molecule has 1 N–H and O–H groups in total. The quantitative estimate of drug-likeness (QED) is 0.441. The van der Waals surface area contributed by atoms with Gasteiger partial charge < -0.3 is 10.5 Å². The van der Waals surface area contributed by atoms with Gasteiger partial charge in [-0.15, -0.1) is 0 Å². The van der Waals surface area contributed by atoms with Crippen LogP contribution < -0.4 is 5.32 Å². The van der Waals surface area contributed by atoms with Crippen LogP contribution >= 0.6 is 0 Å². The fraction of sp³-hybridized carbons (Fsp3) is 0.889. The Balaban J connectivity index is 1.84. The van der Waals surface area contributed by atoms with Crippen molar-refractivity contribution < 1.29 is 9.44 Å². The molecule has 2 rings (SSSR count). The van der Waals surface area contributed by atoms with E-state index in [0.29, 0.717) is 19.1 Å². The van der Waals surface area contributed by atoms with Gasteiger partial charge in [0.05, 0.1) is 6.92 Å². The summed E-state index contributed by atoms with van der Waals surface area (Å²) >= 11 is 0. The Labute approximate surface area is 83.8 Å². The molecule has 2 aliphatic heterocycles. The summed E-state index contributed by atoms with van der Waals surface area (Å²) in [5.41, 5.74) is 0. The molecule has 0 saturated carbocycles. The molecule has 0 bridgehead atoms. The molecular weight excluding hydrogens is 182 g/mol. The lowest BCUT2D eigenvalue weighted by Crippen LogP contribution is -2.71. The van der Waals surface area contributed by atoms with Gasteiger partial charge in [-0.2, -0.15) is 0 Å². The number of carbonyl (C=O) groups excluding carboxylic acids is 1. The van der Waals surface area contributed by atoms with Crippen LogP contribution in [0.5, 0.6) is 0 Å². The van der Waals surface area contributed by atoms with Crippen molar-refractivity contribution in [2.75, 3.05) is 39.3 Å². The molecular formula is C9H17N3O2. The maximum Gasteiger partial charge on any atom is 0.310 e. The second kappa shape index (κ2) is 3.58. The fourth-order valence-electron chi connectivity index (χ4n) is 2.16. The maximum absolute atomic E-state index is 11.7. The third kappa shape index (κ3) is 1.68. The van der Waals surface area contributed by atoms with Gasteiger partial charge in [0, 0.05) is 26.2 Å². The molecule has 2 heterocycles. The smallest absolute Gasteiger partial charge is 0.310 e. The number of piperazine rings is 1. The van der Waals surface area contributed by atoms with E-state index in [1.165, 1.54) is 6.92 Å². The van der Waals surface area contributed by atoms with Crippen LogP contribution in [-0.4, -0.2) is 60.8 Å². The van der Waals surface area contributed by atoms with Crippen molar-refractivity contribution >= 4 is 5.91 Å². The van der Waals surface area contributed by atoms with Crippen LogP contribution in [0.4, 0.5) is 0 Å². The van der Waals surface area contributed by atoms with Gasteiger partial charge in [0.15, 0.2) is 0 Å². The van der Waals surface area contributed by atoms with E-state index in [2.05, 4.69) is 10.2 Å². The van der Waals surface area contributed by atoms with Gasteiger partial charge in [-0.05, 0) is 0 Å². The lowest BCUT2D eigenvalue weighted by molar-refractivity contribution is -0.852. The molecule has 1 amide bonds. The number of likely N-dealkylation sites (tertiary alicyclic amines) is 1. The van der Waals surface area contributed by atoms with E-state index in [1.807, 2.05) is 0 Å². The largest absolute Gasteiger partial charge is 0.625 e. The summed E-state index contributed by atoms with van der Waals surface area (Å²) < 4.78 is -0.616. The predicted octanol–water partition coefficient (Wildman–Crippen LogP) is -0.865. The first-order chi connectivity index (χ1) is 6.62. The van der Waals surface area contributed by atoms with Gasteiger partial charge in [-0.25, -0.2) is 4.79 Å². The molecule has 2 aliphatic rings. The monoisotopic (exact) mass is 199 g/mol. The number of carbonyl (C=O) groups is 1. The molecule has 0 atom stereocenters. The van der Waals surface area contributed by atoms with Crippen molar-refractivity contribution in [1.82, 2.24) is 10.2 Å². The SMILES string of the molecule is CC(=O)[N+]1([O-])CC(N2CCNCC2)C1. The average molecular weight is 199 g/mol. The van der Waals surface area contributed by atoms with Crippen LogP contribution in [0.15, 0.2) is 0 Å². The molecule has 0 radical (unpaired) electrons. The van der Waals surface area contributed by atoms with Crippen molar-refractivity contribution in [3.05, 3.63) is 5.21 Å². The second-order valence-corrected chi connectivity index (χ2v) is 4.21. The Kier molecular flexibility index (Phi) is 2.57. The van der Waals surface area contributed by atoms with Gasteiger partial charge in [0.1, 0.15) is 19.1 Å². The summed E-state index contributed by atoms with van der Waals surface area (Å²) in [5.74, 6) is -0.253. The standard InChI is InChI=1S/C9H17N3O2/c1-8(13)12(14)6-9(7-12)11-4-2-10-3-5-11/h9-10H,2-7H2,1H3. The molecule has 2 saturated heterocycles. The summed E-state index contributed by atoms with van der Waals surface area (Å²) in [6.45, 7) is 6.29. The average Bonchev–Trinajstić information content (AvgIpc) is 2.14. The molecule has 5 heteroatoms. The molecule has 0 aromatic heterocycles. The van der Waals surface area contributed by atoms with Gasteiger partial charge >= 0.3 is 5.91 Å². The van der Waals surface area contributed by atoms with Crippen LogP contribution in [0.2, 0.25) is 0 Å². The normalized spacial score (nSPS) is 39.1. The first-order valence-corrected chi connectivity index (χ1v) is 5.16. The zero-order chi connectivity index (χ0) is 10.2. The molecule has 80 valence electrons. The summed E-state index contributed by atoms with van der Waals surface area (Å²) in [6.07, 6.45) is 0. The highest BCUT2D eigenvalue weighted by atomic mass is 16.6. The van der Waals surface area contributed by atoms with E-state index in [1.54, 1.807) is 0 Å². The van der Waals surface area contributed by atoms with Crippen LogP contribution in [0, 0.1) is 5.21 Å². The molecule has 0 aliphatic carbocycles.